The molecule has 1 aromatic rings. The molecule has 3 heteroatoms. The predicted octanol–water partition coefficient (Wildman–Crippen LogP) is 1.66. The highest BCUT2D eigenvalue weighted by Gasteiger charge is 2.18. The van der Waals surface area contributed by atoms with Crippen LogP contribution in [0.25, 0.3) is 0 Å². The van der Waals surface area contributed by atoms with Gasteiger partial charge >= 0.3 is 0 Å². The molecule has 2 N–H and O–H groups in total. The van der Waals surface area contributed by atoms with E-state index in [0.717, 1.165) is 13.0 Å². The SMILES string of the molecule is CN1CCCC(NC(CO)Cc2ccccc2)CC1. The first kappa shape index (κ1) is 14.5. The first-order valence-corrected chi connectivity index (χ1v) is 7.37. The molecule has 1 aliphatic heterocycles. The molecule has 1 aromatic carbocycles. The van der Waals surface area contributed by atoms with Crippen molar-refractivity contribution in [3.63, 3.8) is 0 Å². The van der Waals surface area contributed by atoms with Gasteiger partial charge in [0.2, 0.25) is 0 Å². The summed E-state index contributed by atoms with van der Waals surface area (Å²) in [7, 11) is 2.19. The zero-order valence-corrected chi connectivity index (χ0v) is 11.9. The van der Waals surface area contributed by atoms with Crippen molar-refractivity contribution in [2.45, 2.75) is 37.8 Å². The lowest BCUT2D eigenvalue weighted by Crippen LogP contribution is -2.42. The molecular weight excluding hydrogens is 236 g/mol. The molecule has 0 aliphatic carbocycles. The summed E-state index contributed by atoms with van der Waals surface area (Å²) in [5.74, 6) is 0. The molecule has 0 bridgehead atoms. The van der Waals surface area contributed by atoms with Crippen molar-refractivity contribution in [3.05, 3.63) is 35.9 Å². The van der Waals surface area contributed by atoms with Crippen LogP contribution < -0.4 is 5.32 Å². The Morgan fingerprint density at radius 2 is 2.05 bits per heavy atom. The van der Waals surface area contributed by atoms with E-state index in [4.69, 9.17) is 0 Å². The minimum atomic E-state index is 0.177. The number of hydrogen-bond donors (Lipinski definition) is 2. The number of rotatable bonds is 5. The molecule has 19 heavy (non-hydrogen) atoms. The van der Waals surface area contributed by atoms with Crippen LogP contribution in [0.2, 0.25) is 0 Å². The minimum absolute atomic E-state index is 0.177. The molecule has 3 nitrogen and oxygen atoms in total. The van der Waals surface area contributed by atoms with Gasteiger partial charge in [-0.25, -0.2) is 0 Å². The molecule has 0 amide bonds. The maximum absolute atomic E-state index is 9.57. The van der Waals surface area contributed by atoms with Gasteiger partial charge in [-0.1, -0.05) is 30.3 Å². The van der Waals surface area contributed by atoms with Crippen LogP contribution >= 0.6 is 0 Å². The Bertz CT molecular complexity index is 355. The smallest absolute Gasteiger partial charge is 0.0587 e. The van der Waals surface area contributed by atoms with Gasteiger partial charge in [0.1, 0.15) is 0 Å². The molecule has 0 radical (unpaired) electrons. The van der Waals surface area contributed by atoms with Crippen molar-refractivity contribution >= 4 is 0 Å². The predicted molar refractivity (Wildman–Crippen MR) is 79.3 cm³/mol. The summed E-state index contributed by atoms with van der Waals surface area (Å²) in [5.41, 5.74) is 1.29. The average molecular weight is 262 g/mol. The fourth-order valence-electron chi connectivity index (χ4n) is 2.81. The van der Waals surface area contributed by atoms with Crippen LogP contribution in [0.5, 0.6) is 0 Å². The molecule has 2 atom stereocenters. The Morgan fingerprint density at radius 3 is 2.79 bits per heavy atom. The van der Waals surface area contributed by atoms with Gasteiger partial charge in [-0.2, -0.15) is 0 Å². The fraction of sp³-hybridized carbons (Fsp3) is 0.625. The van der Waals surface area contributed by atoms with Crippen LogP contribution in [0.3, 0.4) is 0 Å². The number of hydrogen-bond acceptors (Lipinski definition) is 3. The Labute approximate surface area is 116 Å². The van der Waals surface area contributed by atoms with E-state index in [1.54, 1.807) is 0 Å². The number of likely N-dealkylation sites (tertiary alicyclic amines) is 1. The third-order valence-electron chi connectivity index (χ3n) is 3.97. The van der Waals surface area contributed by atoms with E-state index >= 15 is 0 Å². The monoisotopic (exact) mass is 262 g/mol. The van der Waals surface area contributed by atoms with Crippen LogP contribution in [0.4, 0.5) is 0 Å². The summed E-state index contributed by atoms with van der Waals surface area (Å²) < 4.78 is 0. The van der Waals surface area contributed by atoms with E-state index in [2.05, 4.69) is 41.5 Å². The number of benzene rings is 1. The molecule has 0 aromatic heterocycles. The third-order valence-corrected chi connectivity index (χ3v) is 3.97. The first-order chi connectivity index (χ1) is 9.28. The highest BCUT2D eigenvalue weighted by Crippen LogP contribution is 2.12. The van der Waals surface area contributed by atoms with Gasteiger partial charge in [-0.05, 0) is 51.4 Å². The van der Waals surface area contributed by atoms with E-state index in [9.17, 15) is 5.11 Å². The minimum Gasteiger partial charge on any atom is -0.395 e. The van der Waals surface area contributed by atoms with Crippen LogP contribution in [0, 0.1) is 0 Å². The topological polar surface area (TPSA) is 35.5 Å². The van der Waals surface area contributed by atoms with Crippen molar-refractivity contribution in [2.24, 2.45) is 0 Å². The Hall–Kier alpha value is -0.900. The van der Waals surface area contributed by atoms with Gasteiger partial charge < -0.3 is 15.3 Å². The van der Waals surface area contributed by atoms with Crippen LogP contribution in [-0.2, 0) is 6.42 Å². The molecule has 1 fully saturated rings. The zero-order valence-electron chi connectivity index (χ0n) is 11.9. The van der Waals surface area contributed by atoms with Crippen molar-refractivity contribution < 1.29 is 5.11 Å². The standard InChI is InChI=1S/C16H26N2O/c1-18-10-5-8-15(9-11-18)17-16(13-19)12-14-6-3-2-4-7-14/h2-4,6-7,15-17,19H,5,8-13H2,1H3. The molecule has 1 saturated heterocycles. The van der Waals surface area contributed by atoms with Crippen LogP contribution in [0.15, 0.2) is 30.3 Å². The van der Waals surface area contributed by atoms with Crippen molar-refractivity contribution in [2.75, 3.05) is 26.7 Å². The molecule has 1 aliphatic rings. The van der Waals surface area contributed by atoms with Crippen LogP contribution in [-0.4, -0.2) is 48.8 Å². The highest BCUT2D eigenvalue weighted by atomic mass is 16.3. The Kier molecular flexibility index (Phi) is 5.83. The Balaban J connectivity index is 1.84. The van der Waals surface area contributed by atoms with Gasteiger partial charge in [-0.15, -0.1) is 0 Å². The van der Waals surface area contributed by atoms with Crippen molar-refractivity contribution in [1.29, 1.82) is 0 Å². The van der Waals surface area contributed by atoms with E-state index in [-0.39, 0.29) is 12.6 Å². The summed E-state index contributed by atoms with van der Waals surface area (Å²) in [6.45, 7) is 2.56. The second-order valence-electron chi connectivity index (χ2n) is 5.67. The van der Waals surface area contributed by atoms with Gasteiger partial charge in [0, 0.05) is 12.1 Å². The molecule has 0 saturated carbocycles. The number of aliphatic hydroxyl groups excluding tert-OH is 1. The quantitative estimate of drug-likeness (QED) is 0.847. The number of nitrogens with zero attached hydrogens (tertiary/aromatic N) is 1. The van der Waals surface area contributed by atoms with Crippen molar-refractivity contribution in [1.82, 2.24) is 10.2 Å². The molecule has 2 rings (SSSR count). The normalized spacial score (nSPS) is 22.9. The summed E-state index contributed by atoms with van der Waals surface area (Å²) >= 11 is 0. The summed E-state index contributed by atoms with van der Waals surface area (Å²) in [5, 5.41) is 13.2. The Morgan fingerprint density at radius 1 is 1.26 bits per heavy atom. The van der Waals surface area contributed by atoms with Gasteiger partial charge in [0.15, 0.2) is 0 Å². The lowest BCUT2D eigenvalue weighted by atomic mass is 10.0. The molecule has 0 spiro atoms. The van der Waals surface area contributed by atoms with Gasteiger partial charge in [0.25, 0.3) is 0 Å². The molecule has 1 heterocycles. The fourth-order valence-corrected chi connectivity index (χ4v) is 2.81. The van der Waals surface area contributed by atoms with Crippen LogP contribution in [0.1, 0.15) is 24.8 Å². The van der Waals surface area contributed by atoms with E-state index in [1.165, 1.54) is 31.4 Å². The van der Waals surface area contributed by atoms with Gasteiger partial charge in [-0.3, -0.25) is 0 Å². The van der Waals surface area contributed by atoms with Crippen molar-refractivity contribution in [3.8, 4) is 0 Å². The highest BCUT2D eigenvalue weighted by molar-refractivity contribution is 5.16. The summed E-state index contributed by atoms with van der Waals surface area (Å²) in [6.07, 6.45) is 4.55. The maximum atomic E-state index is 9.57. The summed E-state index contributed by atoms with van der Waals surface area (Å²) in [4.78, 5) is 2.40. The maximum Gasteiger partial charge on any atom is 0.0587 e. The number of aliphatic hydroxyl groups is 1. The lowest BCUT2D eigenvalue weighted by molar-refractivity contribution is 0.225. The summed E-state index contributed by atoms with van der Waals surface area (Å²) in [6, 6.07) is 11.1. The molecule has 106 valence electrons. The van der Waals surface area contributed by atoms with E-state index in [0.29, 0.717) is 6.04 Å². The van der Waals surface area contributed by atoms with E-state index in [1.807, 2.05) is 6.07 Å². The second-order valence-corrected chi connectivity index (χ2v) is 5.67. The lowest BCUT2D eigenvalue weighted by Gasteiger charge is -2.23. The molecule has 2 unspecified atom stereocenters. The third kappa shape index (κ3) is 4.94. The number of nitrogens with one attached hydrogen (secondary N) is 1. The second kappa shape index (κ2) is 7.63. The average Bonchev–Trinajstić information content (AvgIpc) is 2.64. The largest absolute Gasteiger partial charge is 0.395 e. The van der Waals surface area contributed by atoms with Gasteiger partial charge in [0.05, 0.1) is 6.61 Å². The first-order valence-electron chi connectivity index (χ1n) is 7.37. The van der Waals surface area contributed by atoms with E-state index < -0.39 is 0 Å². The molecular formula is C16H26N2O. The zero-order chi connectivity index (χ0) is 13.5.